The van der Waals surface area contributed by atoms with E-state index in [9.17, 15) is 14.9 Å². The van der Waals surface area contributed by atoms with Crippen LogP contribution in [0.2, 0.25) is 5.02 Å². The molecular formula is C21H14ClN3O4. The van der Waals surface area contributed by atoms with Gasteiger partial charge in [-0.25, -0.2) is 0 Å². The molecule has 3 aromatic rings. The lowest BCUT2D eigenvalue weighted by Crippen LogP contribution is -2.20. The number of nitrogens with one attached hydrogen (secondary N) is 1. The van der Waals surface area contributed by atoms with Crippen molar-refractivity contribution in [2.45, 2.75) is 0 Å². The van der Waals surface area contributed by atoms with Crippen molar-refractivity contribution in [2.24, 2.45) is 0 Å². The third-order valence-corrected chi connectivity index (χ3v) is 4.32. The van der Waals surface area contributed by atoms with E-state index in [1.54, 1.807) is 24.3 Å². The predicted molar refractivity (Wildman–Crippen MR) is 109 cm³/mol. The lowest BCUT2D eigenvalue weighted by atomic mass is 10.0. The summed E-state index contributed by atoms with van der Waals surface area (Å²) in [5.74, 6) is 0.0393. The third-order valence-electron chi connectivity index (χ3n) is 4.00. The number of halogens is 1. The van der Waals surface area contributed by atoms with E-state index in [1.807, 2.05) is 24.3 Å². The quantitative estimate of drug-likeness (QED) is 0.466. The minimum atomic E-state index is -0.621. The molecule has 0 bridgehead atoms. The summed E-state index contributed by atoms with van der Waals surface area (Å²) in [5, 5.41) is 22.3. The van der Waals surface area contributed by atoms with Crippen molar-refractivity contribution in [3.63, 3.8) is 0 Å². The zero-order valence-electron chi connectivity index (χ0n) is 15.0. The molecule has 0 saturated carbocycles. The van der Waals surface area contributed by atoms with Crippen molar-refractivity contribution >= 4 is 28.9 Å². The molecule has 7 nitrogen and oxygen atoms in total. The van der Waals surface area contributed by atoms with E-state index in [1.165, 1.54) is 18.2 Å². The molecule has 3 aromatic carbocycles. The number of nitro groups is 1. The van der Waals surface area contributed by atoms with Gasteiger partial charge in [0.25, 0.3) is 11.6 Å². The van der Waals surface area contributed by atoms with E-state index in [4.69, 9.17) is 21.6 Å². The number of ether oxygens (including phenoxy) is 1. The van der Waals surface area contributed by atoms with Crippen LogP contribution >= 0.6 is 11.6 Å². The maximum absolute atomic E-state index is 12.0. The second-order valence-electron chi connectivity index (χ2n) is 5.97. The van der Waals surface area contributed by atoms with Gasteiger partial charge in [0.2, 0.25) is 0 Å². The Hall–Kier alpha value is -3.89. The summed E-state index contributed by atoms with van der Waals surface area (Å²) in [4.78, 5) is 22.3. The zero-order chi connectivity index (χ0) is 20.8. The number of nitrogens with zero attached hydrogens (tertiary/aromatic N) is 2. The van der Waals surface area contributed by atoms with Crippen LogP contribution in [0.15, 0.2) is 66.7 Å². The van der Waals surface area contributed by atoms with Crippen LogP contribution in [-0.2, 0) is 4.79 Å². The zero-order valence-corrected chi connectivity index (χ0v) is 15.7. The number of benzene rings is 3. The number of amides is 1. The van der Waals surface area contributed by atoms with Gasteiger partial charge in [0.05, 0.1) is 16.6 Å². The van der Waals surface area contributed by atoms with Gasteiger partial charge in [-0.3, -0.25) is 14.9 Å². The van der Waals surface area contributed by atoms with Crippen LogP contribution < -0.4 is 10.1 Å². The van der Waals surface area contributed by atoms with Crippen molar-refractivity contribution in [2.75, 3.05) is 11.9 Å². The van der Waals surface area contributed by atoms with Crippen molar-refractivity contribution in [3.05, 3.63) is 87.4 Å². The molecule has 29 heavy (non-hydrogen) atoms. The normalized spacial score (nSPS) is 10.1. The lowest BCUT2D eigenvalue weighted by molar-refractivity contribution is -0.384. The summed E-state index contributed by atoms with van der Waals surface area (Å²) < 4.78 is 5.45. The van der Waals surface area contributed by atoms with Crippen molar-refractivity contribution < 1.29 is 14.5 Å². The number of nitriles is 1. The summed E-state index contributed by atoms with van der Waals surface area (Å²) in [5.41, 5.74) is 2.46. The fourth-order valence-corrected chi connectivity index (χ4v) is 2.74. The summed E-state index contributed by atoms with van der Waals surface area (Å²) >= 11 is 5.75. The Balaban J connectivity index is 1.58. The molecule has 1 amide bonds. The standard InChI is InChI=1S/C21H14ClN3O4/c22-19-10-7-17(11-20(19)25(27)28)24-21(26)13-29-18-8-5-16(6-9-18)15-3-1-14(12-23)2-4-15/h1-11H,13H2,(H,24,26). The fraction of sp³-hybridized carbons (Fsp3) is 0.0476. The molecule has 0 aliphatic heterocycles. The second-order valence-corrected chi connectivity index (χ2v) is 6.38. The first-order valence-electron chi connectivity index (χ1n) is 8.43. The van der Waals surface area contributed by atoms with Gasteiger partial charge in [-0.1, -0.05) is 35.9 Å². The Kier molecular flexibility index (Phi) is 6.07. The van der Waals surface area contributed by atoms with E-state index in [0.29, 0.717) is 11.3 Å². The van der Waals surface area contributed by atoms with Gasteiger partial charge in [0, 0.05) is 11.8 Å². The highest BCUT2D eigenvalue weighted by molar-refractivity contribution is 6.32. The molecule has 0 fully saturated rings. The van der Waals surface area contributed by atoms with Gasteiger partial charge >= 0.3 is 0 Å². The first-order chi connectivity index (χ1) is 14.0. The topological polar surface area (TPSA) is 105 Å². The van der Waals surface area contributed by atoms with Gasteiger partial charge < -0.3 is 10.1 Å². The molecule has 0 atom stereocenters. The molecule has 0 radical (unpaired) electrons. The van der Waals surface area contributed by atoms with E-state index in [-0.39, 0.29) is 23.0 Å². The van der Waals surface area contributed by atoms with Crippen LogP contribution in [-0.4, -0.2) is 17.4 Å². The van der Waals surface area contributed by atoms with Crippen molar-refractivity contribution in [1.29, 1.82) is 5.26 Å². The Morgan fingerprint density at radius 2 is 1.69 bits per heavy atom. The largest absolute Gasteiger partial charge is 0.484 e. The number of hydrogen-bond acceptors (Lipinski definition) is 5. The maximum atomic E-state index is 12.0. The summed E-state index contributed by atoms with van der Waals surface area (Å²) in [6, 6.07) is 20.4. The molecule has 0 aliphatic carbocycles. The van der Waals surface area contributed by atoms with E-state index in [2.05, 4.69) is 11.4 Å². The molecule has 144 valence electrons. The first-order valence-corrected chi connectivity index (χ1v) is 8.81. The monoisotopic (exact) mass is 407 g/mol. The Bertz CT molecular complexity index is 1090. The number of carbonyl (C=O) groups is 1. The number of anilines is 1. The van der Waals surface area contributed by atoms with Gasteiger partial charge in [-0.2, -0.15) is 5.26 Å². The van der Waals surface area contributed by atoms with E-state index >= 15 is 0 Å². The molecule has 0 aliphatic rings. The number of rotatable bonds is 6. The first kappa shape index (κ1) is 19.9. The number of nitro benzene ring substituents is 1. The molecule has 0 unspecified atom stereocenters. The van der Waals surface area contributed by atoms with Crippen LogP contribution in [0, 0.1) is 21.4 Å². The summed E-state index contributed by atoms with van der Waals surface area (Å²) in [7, 11) is 0. The average molecular weight is 408 g/mol. The van der Waals surface area contributed by atoms with Crippen molar-refractivity contribution in [1.82, 2.24) is 0 Å². The van der Waals surface area contributed by atoms with E-state index < -0.39 is 10.8 Å². The smallest absolute Gasteiger partial charge is 0.289 e. The molecule has 0 spiro atoms. The highest BCUT2D eigenvalue weighted by Crippen LogP contribution is 2.27. The second kappa shape index (κ2) is 8.87. The Labute approximate surface area is 171 Å². The Morgan fingerprint density at radius 3 is 2.28 bits per heavy atom. The van der Waals surface area contributed by atoms with E-state index in [0.717, 1.165) is 11.1 Å². The highest BCUT2D eigenvalue weighted by atomic mass is 35.5. The van der Waals surface area contributed by atoms with Gasteiger partial charge in [0.15, 0.2) is 6.61 Å². The predicted octanol–water partition coefficient (Wildman–Crippen LogP) is 4.80. The molecule has 8 heteroatoms. The van der Waals surface area contributed by atoms with Crippen LogP contribution in [0.1, 0.15) is 5.56 Å². The minimum absolute atomic E-state index is 0.00778. The summed E-state index contributed by atoms with van der Waals surface area (Å²) in [6.45, 7) is -0.257. The fourth-order valence-electron chi connectivity index (χ4n) is 2.56. The van der Waals surface area contributed by atoms with Gasteiger partial charge in [-0.05, 0) is 47.5 Å². The van der Waals surface area contributed by atoms with Crippen LogP contribution in [0.3, 0.4) is 0 Å². The number of carbonyl (C=O) groups excluding carboxylic acids is 1. The lowest BCUT2D eigenvalue weighted by Gasteiger charge is -2.09. The highest BCUT2D eigenvalue weighted by Gasteiger charge is 2.14. The molecule has 0 saturated heterocycles. The molecule has 0 heterocycles. The minimum Gasteiger partial charge on any atom is -0.484 e. The number of hydrogen-bond donors (Lipinski definition) is 1. The molecular weight excluding hydrogens is 394 g/mol. The van der Waals surface area contributed by atoms with Crippen LogP contribution in [0.5, 0.6) is 5.75 Å². The van der Waals surface area contributed by atoms with Gasteiger partial charge in [0.1, 0.15) is 10.8 Å². The molecule has 0 aromatic heterocycles. The average Bonchev–Trinajstić information content (AvgIpc) is 2.74. The van der Waals surface area contributed by atoms with Crippen molar-refractivity contribution in [3.8, 4) is 22.9 Å². The molecule has 3 rings (SSSR count). The SMILES string of the molecule is N#Cc1ccc(-c2ccc(OCC(=O)Nc3ccc(Cl)c([N+](=O)[O-])c3)cc2)cc1. The van der Waals surface area contributed by atoms with Crippen LogP contribution in [0.25, 0.3) is 11.1 Å². The maximum Gasteiger partial charge on any atom is 0.289 e. The Morgan fingerprint density at radius 1 is 1.07 bits per heavy atom. The molecule has 1 N–H and O–H groups in total. The van der Waals surface area contributed by atoms with Gasteiger partial charge in [-0.15, -0.1) is 0 Å². The summed E-state index contributed by atoms with van der Waals surface area (Å²) in [6.07, 6.45) is 0. The third kappa shape index (κ3) is 5.09. The van der Waals surface area contributed by atoms with Crippen LogP contribution in [0.4, 0.5) is 11.4 Å².